The monoisotopic (exact) mass is 416 g/mol. The molecule has 5 nitrogen and oxygen atoms in total. The lowest BCUT2D eigenvalue weighted by molar-refractivity contribution is 0.622. The zero-order chi connectivity index (χ0) is 20.5. The Morgan fingerprint density at radius 3 is 2.57 bits per heavy atom. The second-order valence-electron chi connectivity index (χ2n) is 6.92. The molecule has 5 aromatic rings. The van der Waals surface area contributed by atoms with Crippen LogP contribution in [-0.2, 0) is 12.3 Å². The fourth-order valence-electron chi connectivity index (χ4n) is 3.36. The molecule has 5 rings (SSSR count). The Balaban J connectivity index is 1.53. The van der Waals surface area contributed by atoms with Crippen LogP contribution in [0.15, 0.2) is 89.1 Å². The summed E-state index contributed by atoms with van der Waals surface area (Å²) >= 11 is 1.47. The number of pyridine rings is 1. The van der Waals surface area contributed by atoms with Gasteiger partial charge in [-0.2, -0.15) is 0 Å². The van der Waals surface area contributed by atoms with Gasteiger partial charge >= 0.3 is 0 Å². The summed E-state index contributed by atoms with van der Waals surface area (Å²) in [5.41, 5.74) is 3.17. The van der Waals surface area contributed by atoms with Crippen molar-refractivity contribution < 1.29 is 4.39 Å². The van der Waals surface area contributed by atoms with E-state index in [1.54, 1.807) is 22.8 Å². The van der Waals surface area contributed by atoms with Crippen LogP contribution in [0.25, 0.3) is 16.6 Å². The molecule has 0 atom stereocenters. The standard InChI is InChI=1S/C23H17FN4OS/c24-17-10-8-16(9-11-17)13-28-22(29)19-5-1-2-6-20(19)26-23(28)30-15-18-14-27-12-4-3-7-21(27)25-18/h1-12,14H,13,15H2. The van der Waals surface area contributed by atoms with Crippen LogP contribution in [-0.4, -0.2) is 18.9 Å². The van der Waals surface area contributed by atoms with Crippen molar-refractivity contribution in [3.63, 3.8) is 0 Å². The Kier molecular flexibility index (Phi) is 4.80. The maximum absolute atomic E-state index is 13.3. The van der Waals surface area contributed by atoms with Crippen molar-refractivity contribution in [3.8, 4) is 0 Å². The van der Waals surface area contributed by atoms with Crippen LogP contribution in [0.1, 0.15) is 11.3 Å². The van der Waals surface area contributed by atoms with Gasteiger partial charge in [-0.3, -0.25) is 9.36 Å². The van der Waals surface area contributed by atoms with Crippen LogP contribution >= 0.6 is 11.8 Å². The zero-order valence-electron chi connectivity index (χ0n) is 15.9. The largest absolute Gasteiger partial charge is 0.307 e. The highest BCUT2D eigenvalue weighted by Gasteiger charge is 2.13. The second kappa shape index (κ2) is 7.76. The third kappa shape index (κ3) is 3.59. The van der Waals surface area contributed by atoms with Gasteiger partial charge in [-0.1, -0.05) is 42.1 Å². The van der Waals surface area contributed by atoms with E-state index in [4.69, 9.17) is 4.98 Å². The molecule has 0 aliphatic carbocycles. The molecular weight excluding hydrogens is 399 g/mol. The van der Waals surface area contributed by atoms with E-state index in [9.17, 15) is 9.18 Å². The number of halogens is 1. The highest BCUT2D eigenvalue weighted by molar-refractivity contribution is 7.98. The lowest BCUT2D eigenvalue weighted by Gasteiger charge is -2.13. The Morgan fingerprint density at radius 1 is 0.933 bits per heavy atom. The molecule has 0 radical (unpaired) electrons. The number of para-hydroxylation sites is 1. The first-order valence-electron chi connectivity index (χ1n) is 9.47. The molecule has 0 aliphatic rings. The SMILES string of the molecule is O=c1c2ccccc2nc(SCc2cn3ccccc3n2)n1Cc1ccc(F)cc1. The Labute approximate surface area is 175 Å². The lowest BCUT2D eigenvalue weighted by atomic mass is 10.2. The van der Waals surface area contributed by atoms with E-state index in [2.05, 4.69) is 4.98 Å². The van der Waals surface area contributed by atoms with Crippen molar-refractivity contribution in [2.45, 2.75) is 17.5 Å². The topological polar surface area (TPSA) is 52.2 Å². The minimum Gasteiger partial charge on any atom is -0.307 e. The van der Waals surface area contributed by atoms with Crippen LogP contribution in [0.4, 0.5) is 4.39 Å². The normalized spacial score (nSPS) is 11.4. The number of thioether (sulfide) groups is 1. The van der Waals surface area contributed by atoms with Gasteiger partial charge in [0.2, 0.25) is 0 Å². The second-order valence-corrected chi connectivity index (χ2v) is 7.86. The van der Waals surface area contributed by atoms with Crippen molar-refractivity contribution >= 4 is 28.3 Å². The van der Waals surface area contributed by atoms with Crippen molar-refractivity contribution in [3.05, 3.63) is 107 Å². The zero-order valence-corrected chi connectivity index (χ0v) is 16.7. The number of benzene rings is 2. The minimum absolute atomic E-state index is 0.109. The first-order chi connectivity index (χ1) is 14.7. The first-order valence-corrected chi connectivity index (χ1v) is 10.5. The minimum atomic E-state index is -0.302. The Morgan fingerprint density at radius 2 is 1.73 bits per heavy atom. The van der Waals surface area contributed by atoms with E-state index >= 15 is 0 Å². The van der Waals surface area contributed by atoms with Gasteiger partial charge in [0.05, 0.1) is 23.1 Å². The molecule has 0 fully saturated rings. The van der Waals surface area contributed by atoms with Gasteiger partial charge in [0, 0.05) is 18.1 Å². The van der Waals surface area contributed by atoms with Crippen LogP contribution in [0.3, 0.4) is 0 Å². The van der Waals surface area contributed by atoms with E-state index < -0.39 is 0 Å². The number of hydrogen-bond acceptors (Lipinski definition) is 4. The van der Waals surface area contributed by atoms with Gasteiger partial charge < -0.3 is 4.40 Å². The molecule has 3 aromatic heterocycles. The quantitative estimate of drug-likeness (QED) is 0.312. The summed E-state index contributed by atoms with van der Waals surface area (Å²) in [7, 11) is 0. The predicted molar refractivity (Wildman–Crippen MR) is 116 cm³/mol. The highest BCUT2D eigenvalue weighted by Crippen LogP contribution is 2.23. The van der Waals surface area contributed by atoms with E-state index in [1.165, 1.54) is 23.9 Å². The fourth-order valence-corrected chi connectivity index (χ4v) is 4.25. The molecule has 2 aromatic carbocycles. The lowest BCUT2D eigenvalue weighted by Crippen LogP contribution is -2.24. The molecule has 0 aliphatic heterocycles. The molecule has 0 saturated carbocycles. The molecule has 0 amide bonds. The smallest absolute Gasteiger partial charge is 0.262 e. The summed E-state index contributed by atoms with van der Waals surface area (Å²) in [6.07, 6.45) is 3.93. The summed E-state index contributed by atoms with van der Waals surface area (Å²) in [4.78, 5) is 22.5. The van der Waals surface area contributed by atoms with E-state index in [1.807, 2.05) is 53.2 Å². The molecule has 0 spiro atoms. The number of imidazole rings is 1. The summed E-state index contributed by atoms with van der Waals surface area (Å²) < 4.78 is 16.9. The third-order valence-electron chi connectivity index (χ3n) is 4.84. The molecule has 3 heterocycles. The highest BCUT2D eigenvalue weighted by atomic mass is 32.2. The van der Waals surface area contributed by atoms with Gasteiger partial charge in [0.15, 0.2) is 5.16 Å². The Bertz CT molecular complexity index is 1380. The summed E-state index contributed by atoms with van der Waals surface area (Å²) in [6, 6.07) is 19.4. The van der Waals surface area contributed by atoms with E-state index in [0.29, 0.717) is 28.4 Å². The molecule has 0 bridgehead atoms. The van der Waals surface area contributed by atoms with E-state index in [0.717, 1.165) is 16.9 Å². The molecule has 0 N–H and O–H groups in total. The van der Waals surface area contributed by atoms with Crippen molar-refractivity contribution in [2.24, 2.45) is 0 Å². The molecule has 148 valence electrons. The molecule has 7 heteroatoms. The molecule has 30 heavy (non-hydrogen) atoms. The molecular formula is C23H17FN4OS. The number of aromatic nitrogens is 4. The number of rotatable bonds is 5. The first kappa shape index (κ1) is 18.6. The number of nitrogens with zero attached hydrogens (tertiary/aromatic N) is 4. The third-order valence-corrected chi connectivity index (χ3v) is 5.85. The number of hydrogen-bond donors (Lipinski definition) is 0. The summed E-state index contributed by atoms with van der Waals surface area (Å²) in [6.45, 7) is 0.324. The van der Waals surface area contributed by atoms with Gasteiger partial charge in [0.1, 0.15) is 11.5 Å². The summed E-state index contributed by atoms with van der Waals surface area (Å²) in [5.74, 6) is 0.278. The van der Waals surface area contributed by atoms with Crippen LogP contribution in [0.5, 0.6) is 0 Å². The van der Waals surface area contributed by atoms with Gasteiger partial charge in [-0.25, -0.2) is 14.4 Å². The van der Waals surface area contributed by atoms with Crippen LogP contribution in [0, 0.1) is 5.82 Å². The maximum Gasteiger partial charge on any atom is 0.262 e. The van der Waals surface area contributed by atoms with E-state index in [-0.39, 0.29) is 11.4 Å². The van der Waals surface area contributed by atoms with Crippen LogP contribution < -0.4 is 5.56 Å². The van der Waals surface area contributed by atoms with Crippen molar-refractivity contribution in [1.82, 2.24) is 18.9 Å². The Hall–Kier alpha value is -3.45. The summed E-state index contributed by atoms with van der Waals surface area (Å²) in [5, 5.41) is 1.18. The number of fused-ring (bicyclic) bond motifs is 2. The van der Waals surface area contributed by atoms with Crippen LogP contribution in [0.2, 0.25) is 0 Å². The predicted octanol–water partition coefficient (Wildman–Crippen LogP) is 4.52. The van der Waals surface area contributed by atoms with Gasteiger partial charge in [-0.05, 0) is 42.0 Å². The fraction of sp³-hybridized carbons (Fsp3) is 0.0870. The average molecular weight is 416 g/mol. The van der Waals surface area contributed by atoms with Crippen molar-refractivity contribution in [2.75, 3.05) is 0 Å². The molecule has 0 saturated heterocycles. The van der Waals surface area contributed by atoms with Gasteiger partial charge in [0.25, 0.3) is 5.56 Å². The average Bonchev–Trinajstić information content (AvgIpc) is 3.19. The van der Waals surface area contributed by atoms with Crippen molar-refractivity contribution in [1.29, 1.82) is 0 Å². The molecule has 0 unspecified atom stereocenters. The van der Waals surface area contributed by atoms with Gasteiger partial charge in [-0.15, -0.1) is 0 Å². The maximum atomic E-state index is 13.3.